The van der Waals surface area contributed by atoms with Crippen molar-refractivity contribution in [1.29, 1.82) is 0 Å². The first-order valence-electron chi connectivity index (χ1n) is 10.8. The number of ether oxygens (including phenoxy) is 3. The van der Waals surface area contributed by atoms with Crippen molar-refractivity contribution in [3.8, 4) is 11.5 Å². The Morgan fingerprint density at radius 2 is 1.50 bits per heavy atom. The Bertz CT molecular complexity index is 1110. The molecule has 34 heavy (non-hydrogen) atoms. The van der Waals surface area contributed by atoms with Crippen LogP contribution in [0, 0.1) is 6.92 Å². The predicted octanol–water partition coefficient (Wildman–Crippen LogP) is 2.86. The van der Waals surface area contributed by atoms with Gasteiger partial charge in [0.25, 0.3) is 5.91 Å². The number of aryl methyl sites for hydroxylation is 1. The third-order valence-corrected chi connectivity index (χ3v) is 7.45. The summed E-state index contributed by atoms with van der Waals surface area (Å²) in [5, 5.41) is 0. The number of hydrogen-bond acceptors (Lipinski definition) is 7. The van der Waals surface area contributed by atoms with Crippen molar-refractivity contribution in [3.05, 3.63) is 53.1 Å². The van der Waals surface area contributed by atoms with Gasteiger partial charge in [-0.3, -0.25) is 9.59 Å². The summed E-state index contributed by atoms with van der Waals surface area (Å²) in [5.74, 6) is -0.0410. The number of methoxy groups -OCH3 is 3. The molecular weight excluding hydrogens is 460 g/mol. The second kappa shape index (κ2) is 11.8. The quantitative estimate of drug-likeness (QED) is 0.445. The molecule has 0 unspecified atom stereocenters. The van der Waals surface area contributed by atoms with E-state index in [9.17, 15) is 18.0 Å². The van der Waals surface area contributed by atoms with Gasteiger partial charge >= 0.3 is 5.97 Å². The van der Waals surface area contributed by atoms with Crippen LogP contribution in [-0.4, -0.2) is 70.5 Å². The molecule has 186 valence electrons. The smallest absolute Gasteiger partial charge is 0.325 e. The molecule has 2 aromatic carbocycles. The van der Waals surface area contributed by atoms with Crippen LogP contribution in [0.4, 0.5) is 0 Å². The van der Waals surface area contributed by atoms with Gasteiger partial charge in [-0.25, -0.2) is 8.42 Å². The standard InChI is InChI=1S/C24H32N2O7S/c1-7-26(8-2)34(29,30)21-10-9-17(3)22(14-21)24(28)25(16-23(27)33-6)15-18-11-19(31-4)13-20(12-18)32-5/h9-14H,7-8,15-16H2,1-6H3. The Balaban J connectivity index is 2.51. The molecule has 0 N–H and O–H groups in total. The molecule has 0 aliphatic carbocycles. The maximum absolute atomic E-state index is 13.6. The monoisotopic (exact) mass is 492 g/mol. The topological polar surface area (TPSA) is 102 Å². The molecule has 0 aliphatic heterocycles. The van der Waals surface area contributed by atoms with Crippen molar-refractivity contribution in [2.75, 3.05) is 41.0 Å². The molecule has 9 nitrogen and oxygen atoms in total. The number of hydrogen-bond donors (Lipinski definition) is 0. The van der Waals surface area contributed by atoms with E-state index < -0.39 is 21.9 Å². The molecule has 0 heterocycles. The van der Waals surface area contributed by atoms with Crippen molar-refractivity contribution in [1.82, 2.24) is 9.21 Å². The molecule has 0 saturated heterocycles. The average molecular weight is 493 g/mol. The summed E-state index contributed by atoms with van der Waals surface area (Å²) in [6.45, 7) is 5.56. The normalized spacial score (nSPS) is 11.3. The summed E-state index contributed by atoms with van der Waals surface area (Å²) in [7, 11) is 0.502. The lowest BCUT2D eigenvalue weighted by Crippen LogP contribution is -2.36. The summed E-state index contributed by atoms with van der Waals surface area (Å²) >= 11 is 0. The zero-order valence-corrected chi connectivity index (χ0v) is 21.3. The van der Waals surface area contributed by atoms with Gasteiger partial charge < -0.3 is 19.1 Å². The van der Waals surface area contributed by atoms with Crippen LogP contribution < -0.4 is 9.47 Å². The highest BCUT2D eigenvalue weighted by Crippen LogP contribution is 2.25. The number of carbonyl (C=O) groups is 2. The first-order chi connectivity index (χ1) is 16.1. The van der Waals surface area contributed by atoms with E-state index in [0.29, 0.717) is 35.7 Å². The number of benzene rings is 2. The number of sulfonamides is 1. The number of amides is 1. The van der Waals surface area contributed by atoms with Gasteiger partial charge in [-0.05, 0) is 42.3 Å². The molecule has 0 spiro atoms. The fourth-order valence-electron chi connectivity index (χ4n) is 3.47. The Hall–Kier alpha value is -3.11. The highest BCUT2D eigenvalue weighted by molar-refractivity contribution is 7.89. The molecule has 0 aromatic heterocycles. The van der Waals surface area contributed by atoms with Gasteiger partial charge in [-0.1, -0.05) is 19.9 Å². The van der Waals surface area contributed by atoms with E-state index in [1.54, 1.807) is 45.0 Å². The van der Waals surface area contributed by atoms with E-state index >= 15 is 0 Å². The number of carbonyl (C=O) groups excluding carboxylic acids is 2. The van der Waals surface area contributed by atoms with E-state index in [-0.39, 0.29) is 23.5 Å². The van der Waals surface area contributed by atoms with Crippen LogP contribution in [0.3, 0.4) is 0 Å². The summed E-state index contributed by atoms with van der Waals surface area (Å²) in [4.78, 5) is 27.0. The number of nitrogens with zero attached hydrogens (tertiary/aromatic N) is 2. The lowest BCUT2D eigenvalue weighted by atomic mass is 10.1. The van der Waals surface area contributed by atoms with Gasteiger partial charge in [0.1, 0.15) is 18.0 Å². The highest BCUT2D eigenvalue weighted by atomic mass is 32.2. The second-order valence-corrected chi connectivity index (χ2v) is 9.46. The zero-order valence-electron chi connectivity index (χ0n) is 20.5. The van der Waals surface area contributed by atoms with Gasteiger partial charge in [0.05, 0.1) is 26.2 Å². The highest BCUT2D eigenvalue weighted by Gasteiger charge is 2.26. The summed E-state index contributed by atoms with van der Waals surface area (Å²) in [6, 6.07) is 9.59. The van der Waals surface area contributed by atoms with Crippen LogP contribution in [0.1, 0.15) is 35.3 Å². The molecular formula is C24H32N2O7S. The van der Waals surface area contributed by atoms with Crippen molar-refractivity contribution in [3.63, 3.8) is 0 Å². The SMILES string of the molecule is CCN(CC)S(=O)(=O)c1ccc(C)c(C(=O)N(CC(=O)OC)Cc2cc(OC)cc(OC)c2)c1. The maximum Gasteiger partial charge on any atom is 0.325 e. The molecule has 0 atom stereocenters. The fraction of sp³-hybridized carbons (Fsp3) is 0.417. The number of rotatable bonds is 11. The van der Waals surface area contributed by atoms with Crippen LogP contribution in [0.15, 0.2) is 41.3 Å². The first kappa shape index (κ1) is 27.1. The summed E-state index contributed by atoms with van der Waals surface area (Å²) in [5.41, 5.74) is 1.44. The van der Waals surface area contributed by atoms with E-state index in [2.05, 4.69) is 0 Å². The first-order valence-corrected chi connectivity index (χ1v) is 12.2. The lowest BCUT2D eigenvalue weighted by molar-refractivity contribution is -0.141. The summed E-state index contributed by atoms with van der Waals surface area (Å²) < 4.78 is 42.7. The minimum absolute atomic E-state index is 0.0196. The molecule has 1 amide bonds. The molecule has 10 heteroatoms. The molecule has 0 saturated carbocycles. The third kappa shape index (κ3) is 6.27. The number of esters is 1. The minimum atomic E-state index is -3.77. The van der Waals surface area contributed by atoms with Crippen molar-refractivity contribution in [2.24, 2.45) is 0 Å². The van der Waals surface area contributed by atoms with Crippen LogP contribution >= 0.6 is 0 Å². The van der Waals surface area contributed by atoms with E-state index in [1.807, 2.05) is 0 Å². The lowest BCUT2D eigenvalue weighted by Gasteiger charge is -2.24. The maximum atomic E-state index is 13.6. The Morgan fingerprint density at radius 3 is 2.00 bits per heavy atom. The Morgan fingerprint density at radius 1 is 0.912 bits per heavy atom. The van der Waals surface area contributed by atoms with Crippen molar-refractivity contribution in [2.45, 2.75) is 32.2 Å². The van der Waals surface area contributed by atoms with Crippen LogP contribution in [0.25, 0.3) is 0 Å². The van der Waals surface area contributed by atoms with Gasteiger partial charge in [0.15, 0.2) is 0 Å². The van der Waals surface area contributed by atoms with E-state index in [4.69, 9.17) is 14.2 Å². The minimum Gasteiger partial charge on any atom is -0.497 e. The van der Waals surface area contributed by atoms with E-state index in [0.717, 1.165) is 0 Å². The largest absolute Gasteiger partial charge is 0.497 e. The molecule has 0 fully saturated rings. The van der Waals surface area contributed by atoms with Crippen LogP contribution in [0.5, 0.6) is 11.5 Å². The molecule has 0 bridgehead atoms. The van der Waals surface area contributed by atoms with Gasteiger partial charge in [-0.15, -0.1) is 0 Å². The van der Waals surface area contributed by atoms with Crippen LogP contribution in [0.2, 0.25) is 0 Å². The van der Waals surface area contributed by atoms with Crippen LogP contribution in [-0.2, 0) is 26.1 Å². The molecule has 2 aromatic rings. The third-order valence-electron chi connectivity index (χ3n) is 5.40. The Kier molecular flexibility index (Phi) is 9.46. The van der Waals surface area contributed by atoms with Gasteiger partial charge in [0.2, 0.25) is 10.0 Å². The van der Waals surface area contributed by atoms with Gasteiger partial charge in [-0.2, -0.15) is 4.31 Å². The zero-order chi connectivity index (χ0) is 25.5. The molecule has 0 radical (unpaired) electrons. The van der Waals surface area contributed by atoms with Gasteiger partial charge in [0, 0.05) is 31.3 Å². The fourth-order valence-corrected chi connectivity index (χ4v) is 4.96. The van der Waals surface area contributed by atoms with E-state index in [1.165, 1.54) is 42.7 Å². The van der Waals surface area contributed by atoms with Crippen molar-refractivity contribution >= 4 is 21.9 Å². The molecule has 2 rings (SSSR count). The summed E-state index contributed by atoms with van der Waals surface area (Å²) in [6.07, 6.45) is 0. The average Bonchev–Trinajstić information content (AvgIpc) is 2.83. The van der Waals surface area contributed by atoms with Crippen molar-refractivity contribution < 1.29 is 32.2 Å². The second-order valence-electron chi connectivity index (χ2n) is 7.52. The Labute approximate surface area is 201 Å². The predicted molar refractivity (Wildman–Crippen MR) is 128 cm³/mol. The molecule has 0 aliphatic rings.